The zero-order chi connectivity index (χ0) is 10.7. The van der Waals surface area contributed by atoms with Crippen molar-refractivity contribution in [1.29, 1.82) is 0 Å². The topological polar surface area (TPSA) is 23.6 Å². The summed E-state index contributed by atoms with van der Waals surface area (Å²) in [4.78, 5) is 15.8. The number of hydrogen-bond donors (Lipinski definition) is 1. The highest BCUT2D eigenvalue weighted by atomic mass is 32.1. The van der Waals surface area contributed by atoms with Crippen LogP contribution in [0.1, 0.15) is 19.8 Å². The van der Waals surface area contributed by atoms with Gasteiger partial charge in [0.05, 0.1) is 5.25 Å². The molecule has 0 aromatic carbocycles. The Morgan fingerprint density at radius 2 is 2.21 bits per heavy atom. The second kappa shape index (κ2) is 5.03. The smallest absolute Gasteiger partial charge is 0.235 e. The van der Waals surface area contributed by atoms with E-state index >= 15 is 0 Å². The summed E-state index contributed by atoms with van der Waals surface area (Å²) in [6.07, 6.45) is 2.30. The largest absolute Gasteiger partial charge is 0.340 e. The van der Waals surface area contributed by atoms with Crippen LogP contribution in [0.3, 0.4) is 0 Å². The molecule has 4 heteroatoms. The van der Waals surface area contributed by atoms with Crippen molar-refractivity contribution in [3.05, 3.63) is 0 Å². The first-order chi connectivity index (χ1) is 6.52. The lowest BCUT2D eigenvalue weighted by Gasteiger charge is -2.36. The van der Waals surface area contributed by atoms with E-state index in [0.717, 1.165) is 19.5 Å². The van der Waals surface area contributed by atoms with Crippen LogP contribution in [0.5, 0.6) is 0 Å². The highest BCUT2D eigenvalue weighted by Gasteiger charge is 2.26. The third-order valence-corrected chi connectivity index (χ3v) is 3.02. The molecule has 1 fully saturated rings. The Labute approximate surface area is 91.9 Å². The molecule has 0 saturated carbocycles. The van der Waals surface area contributed by atoms with Crippen molar-refractivity contribution in [2.45, 2.75) is 31.1 Å². The molecule has 1 aliphatic rings. The van der Waals surface area contributed by atoms with Gasteiger partial charge in [0.1, 0.15) is 0 Å². The van der Waals surface area contributed by atoms with E-state index in [-0.39, 0.29) is 11.2 Å². The van der Waals surface area contributed by atoms with Crippen LogP contribution in [-0.4, -0.2) is 54.2 Å². The number of amides is 1. The number of hydrogen-bond acceptors (Lipinski definition) is 3. The molecule has 1 amide bonds. The van der Waals surface area contributed by atoms with Gasteiger partial charge in [0.25, 0.3) is 0 Å². The second-order valence-electron chi connectivity index (χ2n) is 4.22. The normalized spacial score (nSPS) is 25.2. The summed E-state index contributed by atoms with van der Waals surface area (Å²) in [5, 5.41) is -0.170. The molecule has 1 aliphatic heterocycles. The minimum absolute atomic E-state index is 0.167. The molecule has 14 heavy (non-hydrogen) atoms. The molecule has 2 atom stereocenters. The molecule has 0 bridgehead atoms. The van der Waals surface area contributed by atoms with Crippen LogP contribution in [0.15, 0.2) is 0 Å². The zero-order valence-corrected chi connectivity index (χ0v) is 10.1. The molecule has 82 valence electrons. The molecule has 0 spiro atoms. The maximum Gasteiger partial charge on any atom is 0.235 e. The molecular weight excluding hydrogens is 196 g/mol. The highest BCUT2D eigenvalue weighted by Crippen LogP contribution is 2.15. The maximum atomic E-state index is 11.7. The predicted molar refractivity (Wildman–Crippen MR) is 61.7 cm³/mol. The Bertz CT molecular complexity index is 206. The zero-order valence-electron chi connectivity index (χ0n) is 9.23. The van der Waals surface area contributed by atoms with E-state index in [1.807, 2.05) is 11.8 Å². The second-order valence-corrected chi connectivity index (χ2v) is 4.99. The lowest BCUT2D eigenvalue weighted by molar-refractivity contribution is -0.132. The Balaban J connectivity index is 2.51. The molecule has 0 aromatic heterocycles. The number of likely N-dealkylation sites (N-methyl/N-ethyl adjacent to an activating group) is 1. The molecule has 0 aliphatic carbocycles. The van der Waals surface area contributed by atoms with Crippen molar-refractivity contribution in [3.8, 4) is 0 Å². The average molecular weight is 216 g/mol. The van der Waals surface area contributed by atoms with Gasteiger partial charge in [-0.2, -0.15) is 12.6 Å². The minimum atomic E-state index is -0.170. The van der Waals surface area contributed by atoms with Gasteiger partial charge in [-0.25, -0.2) is 0 Å². The summed E-state index contributed by atoms with van der Waals surface area (Å²) < 4.78 is 0. The van der Waals surface area contributed by atoms with Crippen LogP contribution < -0.4 is 0 Å². The quantitative estimate of drug-likeness (QED) is 0.692. The lowest BCUT2D eigenvalue weighted by atomic mass is 10.0. The highest BCUT2D eigenvalue weighted by molar-refractivity contribution is 7.81. The van der Waals surface area contributed by atoms with Gasteiger partial charge < -0.3 is 9.80 Å². The third-order valence-electron chi connectivity index (χ3n) is 2.80. The predicted octanol–water partition coefficient (Wildman–Crippen LogP) is 0.857. The number of piperidine rings is 1. The number of nitrogens with zero attached hydrogens (tertiary/aromatic N) is 2. The Morgan fingerprint density at radius 1 is 1.57 bits per heavy atom. The fraction of sp³-hybridized carbons (Fsp3) is 0.900. The summed E-state index contributed by atoms with van der Waals surface area (Å²) in [6.45, 7) is 3.59. The van der Waals surface area contributed by atoms with Crippen molar-refractivity contribution < 1.29 is 4.79 Å². The van der Waals surface area contributed by atoms with Crippen LogP contribution in [0.2, 0.25) is 0 Å². The van der Waals surface area contributed by atoms with Crippen molar-refractivity contribution in [2.75, 3.05) is 27.2 Å². The lowest BCUT2D eigenvalue weighted by Crippen LogP contribution is -2.49. The van der Waals surface area contributed by atoms with E-state index in [1.54, 1.807) is 0 Å². The van der Waals surface area contributed by atoms with Gasteiger partial charge in [-0.1, -0.05) is 0 Å². The number of likely N-dealkylation sites (tertiary alicyclic amines) is 1. The van der Waals surface area contributed by atoms with E-state index < -0.39 is 0 Å². The minimum Gasteiger partial charge on any atom is -0.340 e. The summed E-state index contributed by atoms with van der Waals surface area (Å²) in [5.41, 5.74) is 0. The Morgan fingerprint density at radius 3 is 2.71 bits per heavy atom. The summed E-state index contributed by atoms with van der Waals surface area (Å²) in [7, 11) is 4.14. The van der Waals surface area contributed by atoms with E-state index in [0.29, 0.717) is 6.04 Å². The van der Waals surface area contributed by atoms with Crippen LogP contribution in [-0.2, 0) is 4.79 Å². The third kappa shape index (κ3) is 2.89. The first kappa shape index (κ1) is 11.9. The standard InChI is InChI=1S/C10H20N2OS/c1-8(14)10(13)12-6-4-5-9(7-12)11(2)3/h8-9,14H,4-7H2,1-3H3. The number of carbonyl (C=O) groups is 1. The summed E-state index contributed by atoms with van der Waals surface area (Å²) >= 11 is 4.18. The van der Waals surface area contributed by atoms with Crippen molar-refractivity contribution in [3.63, 3.8) is 0 Å². The first-order valence-corrected chi connectivity index (χ1v) is 5.67. The van der Waals surface area contributed by atoms with E-state index in [4.69, 9.17) is 0 Å². The van der Waals surface area contributed by atoms with Gasteiger partial charge in [-0.3, -0.25) is 4.79 Å². The van der Waals surface area contributed by atoms with Gasteiger partial charge in [0.2, 0.25) is 5.91 Å². The molecule has 2 unspecified atom stereocenters. The van der Waals surface area contributed by atoms with Gasteiger partial charge in [-0.15, -0.1) is 0 Å². The van der Waals surface area contributed by atoms with Crippen molar-refractivity contribution in [1.82, 2.24) is 9.80 Å². The van der Waals surface area contributed by atoms with Gasteiger partial charge >= 0.3 is 0 Å². The van der Waals surface area contributed by atoms with Crippen molar-refractivity contribution in [2.24, 2.45) is 0 Å². The monoisotopic (exact) mass is 216 g/mol. The molecule has 0 N–H and O–H groups in total. The molecule has 0 aromatic rings. The van der Waals surface area contributed by atoms with Crippen LogP contribution in [0, 0.1) is 0 Å². The van der Waals surface area contributed by atoms with Crippen LogP contribution >= 0.6 is 12.6 Å². The number of rotatable bonds is 2. The summed E-state index contributed by atoms with van der Waals surface area (Å²) in [5.74, 6) is 0.167. The summed E-state index contributed by atoms with van der Waals surface area (Å²) in [6, 6.07) is 0.514. The SMILES string of the molecule is CC(S)C(=O)N1CCCC(N(C)C)C1. The molecule has 0 radical (unpaired) electrons. The Hall–Kier alpha value is -0.220. The van der Waals surface area contributed by atoms with E-state index in [1.165, 1.54) is 6.42 Å². The number of thiol groups is 1. The fourth-order valence-corrected chi connectivity index (χ4v) is 2.00. The van der Waals surface area contributed by atoms with Gasteiger partial charge in [0.15, 0.2) is 0 Å². The van der Waals surface area contributed by atoms with E-state index in [2.05, 4.69) is 31.6 Å². The Kier molecular flexibility index (Phi) is 4.26. The fourth-order valence-electron chi connectivity index (χ4n) is 1.84. The molecular formula is C10H20N2OS. The molecule has 1 saturated heterocycles. The molecule has 3 nitrogen and oxygen atoms in total. The van der Waals surface area contributed by atoms with Gasteiger partial charge in [-0.05, 0) is 33.9 Å². The van der Waals surface area contributed by atoms with Crippen LogP contribution in [0.4, 0.5) is 0 Å². The van der Waals surface area contributed by atoms with Crippen molar-refractivity contribution >= 4 is 18.5 Å². The van der Waals surface area contributed by atoms with Gasteiger partial charge in [0, 0.05) is 19.1 Å². The molecule has 1 heterocycles. The van der Waals surface area contributed by atoms with Crippen LogP contribution in [0.25, 0.3) is 0 Å². The first-order valence-electron chi connectivity index (χ1n) is 5.15. The number of carbonyl (C=O) groups excluding carboxylic acids is 1. The maximum absolute atomic E-state index is 11.7. The molecule has 1 rings (SSSR count). The van der Waals surface area contributed by atoms with E-state index in [9.17, 15) is 4.79 Å². The average Bonchev–Trinajstić information content (AvgIpc) is 2.16.